The maximum atomic E-state index is 13.7. The minimum Gasteiger partial charge on any atom is -0.490 e. The summed E-state index contributed by atoms with van der Waals surface area (Å²) in [6.45, 7) is 0.295. The van der Waals surface area contributed by atoms with Crippen molar-refractivity contribution in [1.29, 1.82) is 0 Å². The van der Waals surface area contributed by atoms with E-state index in [1.807, 2.05) is 0 Å². The minimum atomic E-state index is -1.15. The van der Waals surface area contributed by atoms with Gasteiger partial charge >= 0.3 is 0 Å². The van der Waals surface area contributed by atoms with E-state index in [9.17, 15) is 13.6 Å². The zero-order valence-electron chi connectivity index (χ0n) is 10.4. The lowest BCUT2D eigenvalue weighted by molar-refractivity contribution is 0.0991. The van der Waals surface area contributed by atoms with Crippen LogP contribution in [0.5, 0.6) is 5.75 Å². The Morgan fingerprint density at radius 1 is 1.21 bits per heavy atom. The van der Waals surface area contributed by atoms with E-state index in [1.54, 1.807) is 0 Å². The number of unbranched alkanes of at least 4 members (excludes halogenated alkanes) is 3. The van der Waals surface area contributed by atoms with Crippen molar-refractivity contribution in [1.82, 2.24) is 0 Å². The van der Waals surface area contributed by atoms with Crippen LogP contribution in [-0.4, -0.2) is 18.4 Å². The second kappa shape index (κ2) is 7.94. The first-order valence-electron chi connectivity index (χ1n) is 6.04. The highest BCUT2D eigenvalue weighted by Crippen LogP contribution is 2.23. The molecule has 0 saturated carbocycles. The number of amides is 1. The topological polar surface area (TPSA) is 52.3 Å². The average molecular weight is 292 g/mol. The number of primary amides is 1. The van der Waals surface area contributed by atoms with Crippen molar-refractivity contribution in [3.63, 3.8) is 0 Å². The SMILES string of the molecule is NC(=O)c1c(F)ccc(OCCCCCCCl)c1F. The van der Waals surface area contributed by atoms with Gasteiger partial charge in [-0.3, -0.25) is 4.79 Å². The Morgan fingerprint density at radius 2 is 1.89 bits per heavy atom. The second-order valence-corrected chi connectivity index (χ2v) is 4.43. The van der Waals surface area contributed by atoms with Crippen LogP contribution in [0.15, 0.2) is 12.1 Å². The van der Waals surface area contributed by atoms with Crippen LogP contribution in [0.4, 0.5) is 8.78 Å². The third-order valence-corrected chi connectivity index (χ3v) is 2.85. The maximum absolute atomic E-state index is 13.7. The van der Waals surface area contributed by atoms with Crippen LogP contribution in [0.2, 0.25) is 0 Å². The number of carbonyl (C=O) groups excluding carboxylic acids is 1. The summed E-state index contributed by atoms with van der Waals surface area (Å²) < 4.78 is 32.1. The summed E-state index contributed by atoms with van der Waals surface area (Å²) in [5.74, 6) is -2.72. The fourth-order valence-corrected chi connectivity index (χ4v) is 1.79. The summed E-state index contributed by atoms with van der Waals surface area (Å²) in [5, 5.41) is 0. The summed E-state index contributed by atoms with van der Waals surface area (Å²) in [5.41, 5.74) is 4.14. The van der Waals surface area contributed by atoms with E-state index in [1.165, 1.54) is 0 Å². The van der Waals surface area contributed by atoms with Crippen molar-refractivity contribution in [2.75, 3.05) is 12.5 Å². The Labute approximate surface area is 115 Å². The van der Waals surface area contributed by atoms with Crippen molar-refractivity contribution < 1.29 is 18.3 Å². The van der Waals surface area contributed by atoms with Gasteiger partial charge in [0.2, 0.25) is 0 Å². The van der Waals surface area contributed by atoms with Crippen LogP contribution < -0.4 is 10.5 Å². The van der Waals surface area contributed by atoms with Gasteiger partial charge in [0, 0.05) is 5.88 Å². The molecular weight excluding hydrogens is 276 g/mol. The molecule has 6 heteroatoms. The van der Waals surface area contributed by atoms with Crippen molar-refractivity contribution in [3.8, 4) is 5.75 Å². The molecule has 0 saturated heterocycles. The third kappa shape index (κ3) is 4.67. The molecular formula is C13H16ClF2NO2. The lowest BCUT2D eigenvalue weighted by Crippen LogP contribution is -2.16. The molecule has 3 nitrogen and oxygen atoms in total. The lowest BCUT2D eigenvalue weighted by Gasteiger charge is -2.09. The molecule has 0 aliphatic carbocycles. The highest BCUT2D eigenvalue weighted by Gasteiger charge is 2.18. The van der Waals surface area contributed by atoms with E-state index in [2.05, 4.69) is 0 Å². The van der Waals surface area contributed by atoms with E-state index in [0.717, 1.165) is 37.8 Å². The van der Waals surface area contributed by atoms with Crippen LogP contribution in [0.25, 0.3) is 0 Å². The molecule has 1 aromatic carbocycles. The highest BCUT2D eigenvalue weighted by atomic mass is 35.5. The Bertz CT molecular complexity index is 441. The van der Waals surface area contributed by atoms with Crippen molar-refractivity contribution in [2.24, 2.45) is 5.73 Å². The van der Waals surface area contributed by atoms with Gasteiger partial charge in [-0.15, -0.1) is 11.6 Å². The Kier molecular flexibility index (Phi) is 6.56. The maximum Gasteiger partial charge on any atom is 0.254 e. The molecule has 0 spiro atoms. The molecule has 0 heterocycles. The molecule has 0 aliphatic heterocycles. The largest absolute Gasteiger partial charge is 0.490 e. The number of halogens is 3. The van der Waals surface area contributed by atoms with Gasteiger partial charge in [-0.25, -0.2) is 8.78 Å². The van der Waals surface area contributed by atoms with E-state index in [4.69, 9.17) is 22.1 Å². The van der Waals surface area contributed by atoms with Gasteiger partial charge < -0.3 is 10.5 Å². The number of ether oxygens (including phenoxy) is 1. The summed E-state index contributed by atoms with van der Waals surface area (Å²) in [4.78, 5) is 10.9. The Morgan fingerprint density at radius 3 is 2.53 bits per heavy atom. The molecule has 0 bridgehead atoms. The molecule has 0 atom stereocenters. The zero-order valence-corrected chi connectivity index (χ0v) is 11.2. The lowest BCUT2D eigenvalue weighted by atomic mass is 10.1. The summed E-state index contributed by atoms with van der Waals surface area (Å²) in [6.07, 6.45) is 3.56. The standard InChI is InChI=1S/C13H16ClF2NO2/c14-7-3-1-2-4-8-19-10-6-5-9(15)11(12(10)16)13(17)18/h5-6H,1-4,7-8H2,(H2,17,18). The molecule has 19 heavy (non-hydrogen) atoms. The van der Waals surface area contributed by atoms with Gasteiger partial charge in [0.1, 0.15) is 11.4 Å². The Balaban J connectivity index is 2.55. The molecule has 0 fully saturated rings. The van der Waals surface area contributed by atoms with Crippen LogP contribution in [0, 0.1) is 11.6 Å². The fourth-order valence-electron chi connectivity index (χ4n) is 1.60. The number of hydrogen-bond acceptors (Lipinski definition) is 2. The second-order valence-electron chi connectivity index (χ2n) is 4.05. The van der Waals surface area contributed by atoms with Crippen molar-refractivity contribution in [2.45, 2.75) is 25.7 Å². The van der Waals surface area contributed by atoms with Crippen LogP contribution >= 0.6 is 11.6 Å². The number of nitrogens with two attached hydrogens (primary N) is 1. The van der Waals surface area contributed by atoms with Gasteiger partial charge in [-0.1, -0.05) is 12.8 Å². The Hall–Kier alpha value is -1.36. The van der Waals surface area contributed by atoms with E-state index in [-0.39, 0.29) is 5.75 Å². The fraction of sp³-hybridized carbons (Fsp3) is 0.462. The average Bonchev–Trinajstić information content (AvgIpc) is 2.35. The van der Waals surface area contributed by atoms with Gasteiger partial charge in [0.25, 0.3) is 5.91 Å². The predicted molar refractivity (Wildman–Crippen MR) is 69.6 cm³/mol. The first-order chi connectivity index (χ1) is 9.07. The normalized spacial score (nSPS) is 10.5. The molecule has 0 aliphatic rings. The number of alkyl halides is 1. The molecule has 106 valence electrons. The number of hydrogen-bond donors (Lipinski definition) is 1. The van der Waals surface area contributed by atoms with Gasteiger partial charge in [-0.05, 0) is 25.0 Å². The molecule has 0 unspecified atom stereocenters. The zero-order chi connectivity index (χ0) is 14.3. The number of benzene rings is 1. The molecule has 1 amide bonds. The molecule has 0 radical (unpaired) electrons. The first kappa shape index (κ1) is 15.7. The van der Waals surface area contributed by atoms with Crippen molar-refractivity contribution in [3.05, 3.63) is 29.3 Å². The monoisotopic (exact) mass is 291 g/mol. The smallest absolute Gasteiger partial charge is 0.254 e. The molecule has 0 aromatic heterocycles. The van der Waals surface area contributed by atoms with Crippen LogP contribution in [0.3, 0.4) is 0 Å². The van der Waals surface area contributed by atoms with Gasteiger partial charge in [0.05, 0.1) is 6.61 Å². The van der Waals surface area contributed by atoms with Crippen molar-refractivity contribution >= 4 is 17.5 Å². The summed E-state index contributed by atoms with van der Waals surface area (Å²) >= 11 is 5.53. The summed E-state index contributed by atoms with van der Waals surface area (Å²) in [7, 11) is 0. The van der Waals surface area contributed by atoms with Gasteiger partial charge in [-0.2, -0.15) is 0 Å². The van der Waals surface area contributed by atoms with E-state index < -0.39 is 23.1 Å². The molecule has 1 rings (SSSR count). The van der Waals surface area contributed by atoms with E-state index >= 15 is 0 Å². The number of carbonyl (C=O) groups is 1. The van der Waals surface area contributed by atoms with E-state index in [0.29, 0.717) is 12.5 Å². The third-order valence-electron chi connectivity index (χ3n) is 2.59. The highest BCUT2D eigenvalue weighted by molar-refractivity contribution is 6.17. The van der Waals surface area contributed by atoms with Gasteiger partial charge in [0.15, 0.2) is 11.6 Å². The quantitative estimate of drug-likeness (QED) is 0.590. The summed E-state index contributed by atoms with van der Waals surface area (Å²) in [6, 6.07) is 2.11. The van der Waals surface area contributed by atoms with Crippen LogP contribution in [0.1, 0.15) is 36.0 Å². The molecule has 1 aromatic rings. The first-order valence-corrected chi connectivity index (χ1v) is 6.58. The van der Waals surface area contributed by atoms with Crippen LogP contribution in [-0.2, 0) is 0 Å². The molecule has 2 N–H and O–H groups in total. The predicted octanol–water partition coefficient (Wildman–Crippen LogP) is 3.24. The minimum absolute atomic E-state index is 0.160. The number of rotatable bonds is 8.